The number of carbonyl (C=O) groups excluding carboxylic acids is 3. The first-order chi connectivity index (χ1) is 39.5. The number of benzene rings is 4. The van der Waals surface area contributed by atoms with Crippen LogP contribution < -0.4 is 5.32 Å². The maximum absolute atomic E-state index is 17.0. The number of hydrogen-bond acceptors (Lipinski definition) is 3. The minimum atomic E-state index is -0.885. The minimum Gasteiger partial charge on any atom is -0.358 e. The van der Waals surface area contributed by atoms with E-state index in [0.29, 0.717) is 68.4 Å². The number of amides is 2. The van der Waals surface area contributed by atoms with Gasteiger partial charge in [-0.25, -0.2) is 17.6 Å². The second-order valence-corrected chi connectivity index (χ2v) is 24.4. The predicted octanol–water partition coefficient (Wildman–Crippen LogP) is 18.4. The van der Waals surface area contributed by atoms with Gasteiger partial charge in [-0.2, -0.15) is 0 Å². The molecule has 2 amide bonds. The monoisotopic (exact) mass is 1120 g/mol. The number of allylic oxidation sites excluding steroid dienone is 3. The van der Waals surface area contributed by atoms with Gasteiger partial charge in [0, 0.05) is 42.1 Å². The third kappa shape index (κ3) is 13.0. The SMILES string of the molecule is C=CC(=O)C[C@H](/C(=C\C)C1CCC[C@H]1c1cc2cc([C@H]3CC[C@H](c4ccc5c(c4)C=C([C@@H]4CCCN4C(=O)[C@@H](NC(=O)CC)C(C)C)C5)C3c3cc(F)c(C4CCC(c5ccc(F)c(F)c5)CC4)c(F)c3)ccc2[nH]1)C(C)C.CC.CC. The first-order valence-corrected chi connectivity index (χ1v) is 31.4. The fourth-order valence-electron chi connectivity index (χ4n) is 15.2. The Kier molecular flexibility index (Phi) is 20.9. The average Bonchev–Trinajstić information content (AvgIpc) is 3.93. The highest BCUT2D eigenvalue weighted by Gasteiger charge is 2.43. The normalized spacial score (nSPS) is 24.1. The van der Waals surface area contributed by atoms with E-state index in [9.17, 15) is 23.2 Å². The summed E-state index contributed by atoms with van der Waals surface area (Å²) in [5.41, 5.74) is 10.9. The molecular weight excluding hydrogens is 1030 g/mol. The van der Waals surface area contributed by atoms with E-state index in [4.69, 9.17) is 0 Å². The van der Waals surface area contributed by atoms with Gasteiger partial charge < -0.3 is 15.2 Å². The molecule has 1 aromatic heterocycles. The Bertz CT molecular complexity index is 3120. The number of nitrogens with one attached hydrogen (secondary N) is 2. The lowest BCUT2D eigenvalue weighted by Gasteiger charge is -2.31. The molecule has 1 aliphatic heterocycles. The molecule has 5 aliphatic rings. The first-order valence-electron chi connectivity index (χ1n) is 31.4. The van der Waals surface area contributed by atoms with Crippen LogP contribution in [0.1, 0.15) is 233 Å². The number of fused-ring (bicyclic) bond motifs is 2. The summed E-state index contributed by atoms with van der Waals surface area (Å²) in [5.74, 6) is -2.51. The molecule has 82 heavy (non-hydrogen) atoms. The van der Waals surface area contributed by atoms with Crippen molar-refractivity contribution in [2.75, 3.05) is 6.54 Å². The van der Waals surface area contributed by atoms with Gasteiger partial charge in [-0.3, -0.25) is 14.4 Å². The molecule has 2 unspecified atom stereocenters. The van der Waals surface area contributed by atoms with Crippen molar-refractivity contribution in [2.45, 2.75) is 207 Å². The van der Waals surface area contributed by atoms with Crippen molar-refractivity contribution in [3.05, 3.63) is 171 Å². The van der Waals surface area contributed by atoms with E-state index in [1.54, 1.807) is 25.1 Å². The van der Waals surface area contributed by atoms with Crippen LogP contribution in [-0.4, -0.2) is 46.1 Å². The highest BCUT2D eigenvalue weighted by atomic mass is 19.2. The molecule has 0 radical (unpaired) electrons. The van der Waals surface area contributed by atoms with E-state index in [0.717, 1.165) is 90.6 Å². The zero-order valence-electron chi connectivity index (χ0n) is 50.6. The van der Waals surface area contributed by atoms with E-state index in [-0.39, 0.29) is 70.6 Å². The van der Waals surface area contributed by atoms with Gasteiger partial charge in [0.2, 0.25) is 11.8 Å². The molecule has 0 bridgehead atoms. The predicted molar refractivity (Wildman–Crippen MR) is 327 cm³/mol. The van der Waals surface area contributed by atoms with Gasteiger partial charge in [0.05, 0.1) is 6.04 Å². The summed E-state index contributed by atoms with van der Waals surface area (Å²) < 4.78 is 62.0. The third-order valence-electron chi connectivity index (χ3n) is 19.2. The van der Waals surface area contributed by atoms with Crippen LogP contribution in [-0.2, 0) is 20.8 Å². The van der Waals surface area contributed by atoms with E-state index in [1.807, 2.05) is 46.4 Å². The van der Waals surface area contributed by atoms with Crippen molar-refractivity contribution >= 4 is 34.6 Å². The van der Waals surface area contributed by atoms with Crippen LogP contribution in [0.15, 0.2) is 103 Å². The van der Waals surface area contributed by atoms with Crippen LogP contribution in [0.4, 0.5) is 17.6 Å². The Morgan fingerprint density at radius 1 is 0.695 bits per heavy atom. The minimum absolute atomic E-state index is 0.00752. The number of ketones is 1. The molecule has 2 N–H and O–H groups in total. The Morgan fingerprint density at radius 2 is 1.34 bits per heavy atom. The fourth-order valence-corrected chi connectivity index (χ4v) is 15.2. The van der Waals surface area contributed by atoms with Crippen LogP contribution >= 0.6 is 0 Å². The topological polar surface area (TPSA) is 82.3 Å². The largest absolute Gasteiger partial charge is 0.358 e. The van der Waals surface area contributed by atoms with E-state index >= 15 is 8.78 Å². The van der Waals surface area contributed by atoms with Crippen LogP contribution in [0.5, 0.6) is 0 Å². The second-order valence-electron chi connectivity index (χ2n) is 24.4. The summed E-state index contributed by atoms with van der Waals surface area (Å²) in [6.45, 7) is 24.7. The summed E-state index contributed by atoms with van der Waals surface area (Å²) >= 11 is 0. The number of carbonyl (C=O) groups is 3. The van der Waals surface area contributed by atoms with Crippen LogP contribution in [0.25, 0.3) is 17.0 Å². The molecule has 3 saturated carbocycles. The maximum Gasteiger partial charge on any atom is 0.245 e. The van der Waals surface area contributed by atoms with Gasteiger partial charge in [-0.15, -0.1) is 0 Å². The number of hydrogen-bond donors (Lipinski definition) is 2. The first kappa shape index (κ1) is 62.0. The molecule has 6 nitrogen and oxygen atoms in total. The number of nitrogens with zero attached hydrogens (tertiary/aromatic N) is 1. The summed E-state index contributed by atoms with van der Waals surface area (Å²) in [6.07, 6.45) is 16.5. The van der Waals surface area contributed by atoms with E-state index in [2.05, 4.69) is 92.3 Å². The van der Waals surface area contributed by atoms with Gasteiger partial charge in [0.15, 0.2) is 17.4 Å². The quantitative estimate of drug-likeness (QED) is 0.0553. The fraction of sp³-hybridized carbons (Fsp3) is 0.514. The number of halogens is 4. The van der Waals surface area contributed by atoms with E-state index in [1.165, 1.54) is 34.5 Å². The molecule has 0 spiro atoms. The third-order valence-corrected chi connectivity index (χ3v) is 19.2. The molecule has 5 aromatic rings. The number of rotatable bonds is 17. The summed E-state index contributed by atoms with van der Waals surface area (Å²) in [5, 5.41) is 4.11. The molecular formula is C72H91F4N3O3. The highest BCUT2D eigenvalue weighted by Crippen LogP contribution is 2.56. The van der Waals surface area contributed by atoms with Gasteiger partial charge in [0.25, 0.3) is 0 Å². The Balaban J connectivity index is 0.00000215. The molecule has 1 saturated heterocycles. The Hall–Kier alpha value is -6.03. The Labute approximate surface area is 487 Å². The second kappa shape index (κ2) is 27.6. The zero-order valence-corrected chi connectivity index (χ0v) is 50.6. The van der Waals surface area contributed by atoms with Crippen LogP contribution in [0.2, 0.25) is 0 Å². The van der Waals surface area contributed by atoms with Crippen molar-refractivity contribution < 1.29 is 31.9 Å². The van der Waals surface area contributed by atoms with Crippen molar-refractivity contribution in [2.24, 2.45) is 23.7 Å². The van der Waals surface area contributed by atoms with Crippen LogP contribution in [0.3, 0.4) is 0 Å². The summed E-state index contributed by atoms with van der Waals surface area (Å²) in [7, 11) is 0. The number of aromatic nitrogens is 1. The van der Waals surface area contributed by atoms with Gasteiger partial charge in [0.1, 0.15) is 17.7 Å². The van der Waals surface area contributed by atoms with Crippen molar-refractivity contribution in [1.82, 2.24) is 15.2 Å². The maximum atomic E-state index is 17.0. The molecule has 2 heterocycles. The molecule has 440 valence electrons. The zero-order chi connectivity index (χ0) is 59.1. The summed E-state index contributed by atoms with van der Waals surface area (Å²) in [4.78, 5) is 45.2. The van der Waals surface area contributed by atoms with Crippen LogP contribution in [0, 0.1) is 46.9 Å². The lowest BCUT2D eigenvalue weighted by atomic mass is 9.74. The molecule has 4 aliphatic carbocycles. The number of likely N-dealkylation sites (tertiary alicyclic amines) is 1. The summed E-state index contributed by atoms with van der Waals surface area (Å²) in [6, 6.07) is 22.3. The molecule has 4 fully saturated rings. The van der Waals surface area contributed by atoms with Gasteiger partial charge in [-0.1, -0.05) is 123 Å². The van der Waals surface area contributed by atoms with Crippen molar-refractivity contribution in [3.8, 4) is 0 Å². The smallest absolute Gasteiger partial charge is 0.245 e. The van der Waals surface area contributed by atoms with Crippen molar-refractivity contribution in [3.63, 3.8) is 0 Å². The molecule has 4 aromatic carbocycles. The average molecular weight is 1120 g/mol. The molecule has 10 heteroatoms. The lowest BCUT2D eigenvalue weighted by molar-refractivity contribution is -0.137. The lowest BCUT2D eigenvalue weighted by Crippen LogP contribution is -2.52. The Morgan fingerprint density at radius 3 is 1.98 bits per heavy atom. The highest BCUT2D eigenvalue weighted by molar-refractivity contribution is 5.90. The van der Waals surface area contributed by atoms with Gasteiger partial charge >= 0.3 is 0 Å². The van der Waals surface area contributed by atoms with E-state index < -0.39 is 29.3 Å². The standard InChI is InChI=1S/C68H79F4N3O3.2C2H6/c1-8-50(76)37-56(38(4)5)51(9-2)54-13-11-14-55(54)62-36-47-31-45(23-27-61(47)73-62)53-25-24-52(65(53)49-34-59(71)66(60(72)35-49)41-18-16-40(17-19-41)43-22-26-57(69)58(70)33-43)44-21-20-42-29-48(32-46(42)30-44)63-15-12-28-75(63)68(78)67(39(6)7)74-64(77)10-3;2*1-2/h8-9,20-23,26-27,30-36,38-41,52-56,63,65,67,73H,1,10-19,24-25,28-29,37H2,2-7H3,(H,74,77);2*1-2H3/b51-9-;;/t40?,41?,52-,53-,54?,55-,56+,63+,65?,67+;;/m1../s1. The molecule has 10 rings (SSSR count). The van der Waals surface area contributed by atoms with Crippen molar-refractivity contribution in [1.29, 1.82) is 0 Å². The number of aromatic amines is 1. The van der Waals surface area contributed by atoms with Gasteiger partial charge in [-0.05, 0) is 224 Å². The number of H-pyrrole nitrogens is 1. The molecule has 8 atom stereocenters.